The zero-order chi connectivity index (χ0) is 44.6. The number of rotatable bonds is 6. The van der Waals surface area contributed by atoms with Crippen LogP contribution >= 0.6 is 0 Å². The van der Waals surface area contributed by atoms with Gasteiger partial charge in [0.15, 0.2) is 0 Å². The fraction of sp³-hybridized carbons (Fsp3) is 0.311. The lowest BCUT2D eigenvalue weighted by atomic mass is 9.79. The Bertz CT molecular complexity index is 2730. The van der Waals surface area contributed by atoms with E-state index in [9.17, 15) is 0 Å². The van der Waals surface area contributed by atoms with E-state index in [4.69, 9.17) is 0 Å². The topological polar surface area (TPSA) is 3.24 Å². The summed E-state index contributed by atoms with van der Waals surface area (Å²) in [7, 11) is 0. The molecule has 0 bridgehead atoms. The largest absolute Gasteiger partial charge is 0.310 e. The molecule has 1 aliphatic carbocycles. The normalized spacial score (nSPS) is 13.8. The Hall–Kier alpha value is -5.66. The van der Waals surface area contributed by atoms with Crippen LogP contribution in [-0.2, 0) is 27.1 Å². The Kier molecular flexibility index (Phi) is 10.6. The van der Waals surface area contributed by atoms with Gasteiger partial charge in [-0.15, -0.1) is 0 Å². The van der Waals surface area contributed by atoms with Gasteiger partial charge in [-0.1, -0.05) is 212 Å². The van der Waals surface area contributed by atoms with Crippen molar-refractivity contribution < 1.29 is 0 Å². The first-order valence-electron chi connectivity index (χ1n) is 22.7. The van der Waals surface area contributed by atoms with Crippen molar-refractivity contribution in [2.75, 3.05) is 4.90 Å². The highest BCUT2D eigenvalue weighted by molar-refractivity contribution is 5.88. The molecule has 1 heteroatoms. The molecule has 0 fully saturated rings. The third kappa shape index (κ3) is 8.32. The van der Waals surface area contributed by atoms with Gasteiger partial charge >= 0.3 is 0 Å². The number of benzene rings is 7. The first-order chi connectivity index (χ1) is 29.0. The Morgan fingerprint density at radius 1 is 0.306 bits per heavy atom. The Labute approximate surface area is 373 Å². The minimum atomic E-state index is -0.121. The summed E-state index contributed by atoms with van der Waals surface area (Å²) in [5, 5.41) is 0. The van der Waals surface area contributed by atoms with Gasteiger partial charge in [-0.2, -0.15) is 0 Å². The summed E-state index contributed by atoms with van der Waals surface area (Å²) in [5.74, 6) is 0. The predicted molar refractivity (Wildman–Crippen MR) is 270 cm³/mol. The molecule has 0 radical (unpaired) electrons. The maximum atomic E-state index is 2.49. The van der Waals surface area contributed by atoms with Crippen LogP contribution in [0.2, 0.25) is 0 Å². The van der Waals surface area contributed by atoms with Crippen LogP contribution < -0.4 is 4.90 Å². The lowest BCUT2D eigenvalue weighted by Crippen LogP contribution is -2.17. The molecule has 7 aromatic rings. The molecule has 0 amide bonds. The Balaban J connectivity index is 1.28. The summed E-state index contributed by atoms with van der Waals surface area (Å²) >= 11 is 0. The first-order valence-corrected chi connectivity index (χ1v) is 22.7. The Morgan fingerprint density at radius 2 is 0.758 bits per heavy atom. The summed E-state index contributed by atoms with van der Waals surface area (Å²) in [5.41, 5.74) is 21.6. The van der Waals surface area contributed by atoms with Crippen LogP contribution in [0.25, 0.3) is 44.5 Å². The highest BCUT2D eigenvalue weighted by atomic mass is 15.1. The number of anilines is 3. The summed E-state index contributed by atoms with van der Waals surface area (Å²) < 4.78 is 0. The van der Waals surface area contributed by atoms with Crippen molar-refractivity contribution in [3.8, 4) is 44.5 Å². The van der Waals surface area contributed by atoms with E-state index >= 15 is 0 Å². The van der Waals surface area contributed by atoms with E-state index in [1.165, 1.54) is 77.9 Å². The molecule has 0 saturated heterocycles. The number of hydrogen-bond acceptors (Lipinski definition) is 1. The van der Waals surface area contributed by atoms with Crippen molar-refractivity contribution in [3.05, 3.63) is 185 Å². The maximum Gasteiger partial charge on any atom is 0.0470 e. The van der Waals surface area contributed by atoms with Gasteiger partial charge in [0.05, 0.1) is 0 Å². The third-order valence-corrected chi connectivity index (χ3v) is 13.3. The molecule has 0 atom stereocenters. The predicted octanol–water partition coefficient (Wildman–Crippen LogP) is 17.7. The minimum Gasteiger partial charge on any atom is -0.310 e. The van der Waals surface area contributed by atoms with Crippen LogP contribution in [-0.4, -0.2) is 0 Å². The van der Waals surface area contributed by atoms with Gasteiger partial charge in [0, 0.05) is 22.5 Å². The fourth-order valence-electron chi connectivity index (χ4n) is 9.12. The highest BCUT2D eigenvalue weighted by Crippen LogP contribution is 2.51. The molecular weight excluding hydrogens is 747 g/mol. The molecular formula is C61H67N. The van der Waals surface area contributed by atoms with E-state index in [-0.39, 0.29) is 27.1 Å². The van der Waals surface area contributed by atoms with Gasteiger partial charge in [0.25, 0.3) is 0 Å². The summed E-state index contributed by atoms with van der Waals surface area (Å²) in [6.45, 7) is 32.4. The fourth-order valence-corrected chi connectivity index (χ4v) is 9.12. The molecule has 0 spiro atoms. The van der Waals surface area contributed by atoms with Crippen molar-refractivity contribution in [2.45, 2.75) is 124 Å². The van der Waals surface area contributed by atoms with Crippen molar-refractivity contribution >= 4 is 17.1 Å². The molecule has 0 saturated carbocycles. The van der Waals surface area contributed by atoms with E-state index in [1.54, 1.807) is 0 Å². The first kappa shape index (κ1) is 43.0. The molecule has 0 aromatic heterocycles. The number of fused-ring (bicyclic) bond motifs is 3. The smallest absolute Gasteiger partial charge is 0.0470 e. The lowest BCUT2D eigenvalue weighted by molar-refractivity contribution is 0.569. The quantitative estimate of drug-likeness (QED) is 0.162. The van der Waals surface area contributed by atoms with Crippen LogP contribution in [0.5, 0.6) is 0 Å². The molecule has 0 aliphatic heterocycles. The molecule has 0 unspecified atom stereocenters. The molecule has 0 N–H and O–H groups in total. The minimum absolute atomic E-state index is 0.0561. The number of nitrogens with zero attached hydrogens (tertiary/aromatic N) is 1. The summed E-state index contributed by atoms with van der Waals surface area (Å²) in [6.07, 6.45) is 0. The van der Waals surface area contributed by atoms with Crippen LogP contribution in [0.15, 0.2) is 152 Å². The monoisotopic (exact) mass is 814 g/mol. The standard InChI is InChI=1S/C61H67N/c1-57(2,3)46-28-26-40(27-29-46)43-18-17-19-50(35-43)62(51-30-31-54-53-20-15-16-21-55(53)61(13,14)56(54)39-51)52-36-45(34-49(38-52)60(10,11)12)42-24-22-41(23-25-42)44-32-47(58(4,5)6)37-48(33-44)59(7,8)9/h15-39H,1-14H3. The van der Waals surface area contributed by atoms with Crippen molar-refractivity contribution in [3.63, 3.8) is 0 Å². The van der Waals surface area contributed by atoms with Gasteiger partial charge in [0.2, 0.25) is 0 Å². The third-order valence-electron chi connectivity index (χ3n) is 13.3. The van der Waals surface area contributed by atoms with Crippen molar-refractivity contribution in [2.24, 2.45) is 0 Å². The van der Waals surface area contributed by atoms with Gasteiger partial charge in [-0.3, -0.25) is 0 Å². The van der Waals surface area contributed by atoms with E-state index in [1.807, 2.05) is 0 Å². The molecule has 1 aliphatic rings. The van der Waals surface area contributed by atoms with Crippen molar-refractivity contribution in [1.82, 2.24) is 0 Å². The summed E-state index contributed by atoms with van der Waals surface area (Å²) in [6, 6.07) is 58.0. The van der Waals surface area contributed by atoms with Crippen molar-refractivity contribution in [1.29, 1.82) is 0 Å². The SMILES string of the molecule is CC(C)(C)c1ccc(-c2cccc(N(c3cc(-c4ccc(-c5cc(C(C)(C)C)cc(C(C)(C)C)c5)cc4)cc(C(C)(C)C)c3)c3ccc4c(c3)C(C)(C)c3ccccc3-4)c2)cc1. The molecule has 1 nitrogen and oxygen atoms in total. The molecule has 7 aromatic carbocycles. The molecule has 0 heterocycles. The van der Waals surface area contributed by atoms with Gasteiger partial charge < -0.3 is 4.90 Å². The van der Waals surface area contributed by atoms with E-state index in [0.717, 1.165) is 17.1 Å². The second-order valence-corrected chi connectivity index (χ2v) is 22.5. The summed E-state index contributed by atoms with van der Waals surface area (Å²) in [4.78, 5) is 2.49. The maximum absolute atomic E-state index is 2.49. The number of hydrogen-bond donors (Lipinski definition) is 0. The van der Waals surface area contributed by atoms with Gasteiger partial charge in [-0.05, 0) is 136 Å². The van der Waals surface area contributed by atoms with Gasteiger partial charge in [-0.25, -0.2) is 0 Å². The second-order valence-electron chi connectivity index (χ2n) is 22.5. The van der Waals surface area contributed by atoms with Crippen LogP contribution in [0.3, 0.4) is 0 Å². The van der Waals surface area contributed by atoms with Crippen LogP contribution in [0, 0.1) is 0 Å². The molecule has 316 valence electrons. The van der Waals surface area contributed by atoms with E-state index in [0.29, 0.717) is 0 Å². The van der Waals surface area contributed by atoms with Crippen LogP contribution in [0.1, 0.15) is 130 Å². The Morgan fingerprint density at radius 3 is 1.32 bits per heavy atom. The van der Waals surface area contributed by atoms with E-state index < -0.39 is 0 Å². The van der Waals surface area contributed by atoms with Gasteiger partial charge in [0.1, 0.15) is 0 Å². The second kappa shape index (κ2) is 15.3. The zero-order valence-electron chi connectivity index (χ0n) is 39.9. The average Bonchev–Trinajstić information content (AvgIpc) is 3.45. The van der Waals surface area contributed by atoms with Crippen LogP contribution in [0.4, 0.5) is 17.1 Å². The molecule has 8 rings (SSSR count). The zero-order valence-corrected chi connectivity index (χ0v) is 39.9. The molecule has 62 heavy (non-hydrogen) atoms. The average molecular weight is 814 g/mol. The highest BCUT2D eigenvalue weighted by Gasteiger charge is 2.36. The van der Waals surface area contributed by atoms with E-state index in [2.05, 4.69) is 253 Å². The lowest BCUT2D eigenvalue weighted by Gasteiger charge is -2.30.